The van der Waals surface area contributed by atoms with E-state index in [0.717, 1.165) is 43.8 Å². The lowest BCUT2D eigenvalue weighted by Gasteiger charge is -2.22. The first-order valence-corrected chi connectivity index (χ1v) is 8.56. The number of rotatable bonds is 9. The summed E-state index contributed by atoms with van der Waals surface area (Å²) in [5.74, 6) is 0.594. The molecule has 0 amide bonds. The Kier molecular flexibility index (Phi) is 7.46. The summed E-state index contributed by atoms with van der Waals surface area (Å²) in [6.07, 6.45) is 2.58. The first kappa shape index (κ1) is 18.7. The van der Waals surface area contributed by atoms with Crippen molar-refractivity contribution in [3.8, 4) is 0 Å². The van der Waals surface area contributed by atoms with Gasteiger partial charge in [0.15, 0.2) is 5.96 Å². The Balaban J connectivity index is 1.72. The molecular weight excluding hydrogens is 307 g/mol. The van der Waals surface area contributed by atoms with Crippen molar-refractivity contribution in [3.63, 3.8) is 0 Å². The molecule has 0 heterocycles. The predicted octanol–water partition coefficient (Wildman–Crippen LogP) is 1.91. The van der Waals surface area contributed by atoms with Crippen molar-refractivity contribution < 1.29 is 9.13 Å². The fraction of sp³-hybridized carbons (Fsp3) is 0.611. The van der Waals surface area contributed by atoms with Crippen LogP contribution in [0.15, 0.2) is 23.2 Å². The van der Waals surface area contributed by atoms with Crippen molar-refractivity contribution in [2.45, 2.75) is 32.4 Å². The van der Waals surface area contributed by atoms with Gasteiger partial charge in [0.1, 0.15) is 5.82 Å². The van der Waals surface area contributed by atoms with Crippen LogP contribution < -0.4 is 10.6 Å². The van der Waals surface area contributed by atoms with E-state index in [9.17, 15) is 4.39 Å². The quantitative estimate of drug-likeness (QED) is 0.534. The van der Waals surface area contributed by atoms with Gasteiger partial charge < -0.3 is 15.4 Å². The van der Waals surface area contributed by atoms with Gasteiger partial charge in [0.2, 0.25) is 0 Å². The van der Waals surface area contributed by atoms with E-state index >= 15 is 0 Å². The minimum atomic E-state index is -0.169. The second kappa shape index (κ2) is 9.59. The van der Waals surface area contributed by atoms with E-state index in [0.29, 0.717) is 12.1 Å². The Morgan fingerprint density at radius 3 is 2.75 bits per heavy atom. The molecule has 0 bridgehead atoms. The number of aryl methyl sites for hydroxylation is 1. The molecule has 1 aromatic carbocycles. The first-order valence-electron chi connectivity index (χ1n) is 8.56. The molecule has 0 saturated heterocycles. The zero-order chi connectivity index (χ0) is 17.4. The van der Waals surface area contributed by atoms with Crippen LogP contribution in [0.3, 0.4) is 0 Å². The average molecular weight is 336 g/mol. The monoisotopic (exact) mass is 336 g/mol. The summed E-state index contributed by atoms with van der Waals surface area (Å²) in [7, 11) is 3.50. The van der Waals surface area contributed by atoms with Crippen LogP contribution in [0.5, 0.6) is 0 Å². The van der Waals surface area contributed by atoms with E-state index in [1.807, 2.05) is 6.07 Å². The lowest BCUT2D eigenvalue weighted by Crippen LogP contribution is -2.42. The molecule has 0 radical (unpaired) electrons. The Morgan fingerprint density at radius 2 is 2.12 bits per heavy atom. The SMILES string of the molecule is CN=C(NCCN(CCOC)C1CC1)NCc1ccc(F)c(C)c1. The number of hydrogen-bond acceptors (Lipinski definition) is 3. The molecule has 0 aliphatic heterocycles. The Bertz CT molecular complexity index is 546. The van der Waals surface area contributed by atoms with Crippen molar-refractivity contribution in [1.82, 2.24) is 15.5 Å². The molecule has 24 heavy (non-hydrogen) atoms. The van der Waals surface area contributed by atoms with Gasteiger partial charge in [-0.3, -0.25) is 9.89 Å². The molecule has 0 atom stereocenters. The van der Waals surface area contributed by atoms with Gasteiger partial charge >= 0.3 is 0 Å². The van der Waals surface area contributed by atoms with Gasteiger partial charge in [-0.05, 0) is 37.0 Å². The van der Waals surface area contributed by atoms with E-state index in [2.05, 4.69) is 20.5 Å². The van der Waals surface area contributed by atoms with Crippen molar-refractivity contribution in [2.75, 3.05) is 40.4 Å². The number of guanidine groups is 1. The maximum atomic E-state index is 13.3. The van der Waals surface area contributed by atoms with E-state index < -0.39 is 0 Å². The summed E-state index contributed by atoms with van der Waals surface area (Å²) < 4.78 is 18.5. The molecule has 1 aromatic rings. The number of aliphatic imine (C=N–C) groups is 1. The van der Waals surface area contributed by atoms with Crippen molar-refractivity contribution in [2.24, 2.45) is 4.99 Å². The molecule has 0 unspecified atom stereocenters. The second-order valence-corrected chi connectivity index (χ2v) is 6.20. The summed E-state index contributed by atoms with van der Waals surface area (Å²) in [5, 5.41) is 6.60. The molecule has 1 aliphatic rings. The Hall–Kier alpha value is -1.66. The van der Waals surface area contributed by atoms with Crippen molar-refractivity contribution in [1.29, 1.82) is 0 Å². The number of ether oxygens (including phenoxy) is 1. The van der Waals surface area contributed by atoms with E-state index in [-0.39, 0.29) is 5.82 Å². The summed E-state index contributed by atoms with van der Waals surface area (Å²) in [6, 6.07) is 5.88. The fourth-order valence-corrected chi connectivity index (χ4v) is 2.67. The zero-order valence-corrected chi connectivity index (χ0v) is 14.9. The number of nitrogens with zero attached hydrogens (tertiary/aromatic N) is 2. The van der Waals surface area contributed by atoms with E-state index in [4.69, 9.17) is 4.74 Å². The van der Waals surface area contributed by atoms with Crippen LogP contribution in [0.1, 0.15) is 24.0 Å². The maximum Gasteiger partial charge on any atom is 0.191 e. The highest BCUT2D eigenvalue weighted by Crippen LogP contribution is 2.25. The van der Waals surface area contributed by atoms with Gasteiger partial charge in [-0.25, -0.2) is 4.39 Å². The molecule has 2 rings (SSSR count). The minimum absolute atomic E-state index is 0.169. The van der Waals surface area contributed by atoms with Gasteiger partial charge in [-0.2, -0.15) is 0 Å². The fourth-order valence-electron chi connectivity index (χ4n) is 2.67. The lowest BCUT2D eigenvalue weighted by atomic mass is 10.1. The molecule has 1 fully saturated rings. The minimum Gasteiger partial charge on any atom is -0.383 e. The normalized spacial score (nSPS) is 15.0. The Labute approximate surface area is 144 Å². The molecule has 6 heteroatoms. The third-order valence-corrected chi connectivity index (χ3v) is 4.24. The van der Waals surface area contributed by atoms with Crippen LogP contribution >= 0.6 is 0 Å². The topological polar surface area (TPSA) is 48.9 Å². The van der Waals surface area contributed by atoms with Crippen LogP contribution in [0.4, 0.5) is 4.39 Å². The van der Waals surface area contributed by atoms with E-state index in [1.165, 1.54) is 18.9 Å². The molecule has 2 N–H and O–H groups in total. The van der Waals surface area contributed by atoms with E-state index in [1.54, 1.807) is 27.1 Å². The highest BCUT2D eigenvalue weighted by Gasteiger charge is 2.28. The summed E-state index contributed by atoms with van der Waals surface area (Å²) in [4.78, 5) is 6.71. The van der Waals surface area contributed by atoms with Crippen molar-refractivity contribution in [3.05, 3.63) is 35.1 Å². The molecule has 134 valence electrons. The molecule has 0 aromatic heterocycles. The third kappa shape index (κ3) is 6.09. The number of methoxy groups -OCH3 is 1. The highest BCUT2D eigenvalue weighted by atomic mass is 19.1. The van der Waals surface area contributed by atoms with Gasteiger partial charge in [0.05, 0.1) is 6.61 Å². The zero-order valence-electron chi connectivity index (χ0n) is 14.9. The first-order chi connectivity index (χ1) is 11.6. The number of halogens is 1. The largest absolute Gasteiger partial charge is 0.383 e. The van der Waals surface area contributed by atoms with Gasteiger partial charge in [0.25, 0.3) is 0 Å². The maximum absolute atomic E-state index is 13.3. The number of benzene rings is 1. The highest BCUT2D eigenvalue weighted by molar-refractivity contribution is 5.79. The summed E-state index contributed by atoms with van der Waals surface area (Å²) in [6.45, 7) is 5.96. The summed E-state index contributed by atoms with van der Waals surface area (Å²) >= 11 is 0. The Morgan fingerprint density at radius 1 is 1.33 bits per heavy atom. The van der Waals surface area contributed by atoms with Gasteiger partial charge in [0, 0.05) is 46.4 Å². The van der Waals surface area contributed by atoms with Crippen LogP contribution in [0.2, 0.25) is 0 Å². The van der Waals surface area contributed by atoms with Crippen LogP contribution in [0, 0.1) is 12.7 Å². The van der Waals surface area contributed by atoms with Gasteiger partial charge in [-0.15, -0.1) is 0 Å². The standard InChI is InChI=1S/C18H29FN4O/c1-14-12-15(4-7-17(14)19)13-22-18(20-2)21-8-9-23(10-11-24-3)16-5-6-16/h4,7,12,16H,5-6,8-11,13H2,1-3H3,(H2,20,21,22). The average Bonchev–Trinajstić information content (AvgIpc) is 3.41. The molecule has 1 saturated carbocycles. The molecule has 5 nitrogen and oxygen atoms in total. The second-order valence-electron chi connectivity index (χ2n) is 6.20. The predicted molar refractivity (Wildman–Crippen MR) is 95.8 cm³/mol. The molecule has 1 aliphatic carbocycles. The number of nitrogens with one attached hydrogen (secondary N) is 2. The van der Waals surface area contributed by atoms with Crippen LogP contribution in [-0.4, -0.2) is 57.3 Å². The smallest absolute Gasteiger partial charge is 0.191 e. The molecule has 0 spiro atoms. The third-order valence-electron chi connectivity index (χ3n) is 4.24. The van der Waals surface area contributed by atoms with Crippen molar-refractivity contribution >= 4 is 5.96 Å². The summed E-state index contributed by atoms with van der Waals surface area (Å²) in [5.41, 5.74) is 1.70. The van der Waals surface area contributed by atoms with Crippen LogP contribution in [0.25, 0.3) is 0 Å². The lowest BCUT2D eigenvalue weighted by molar-refractivity contribution is 0.144. The van der Waals surface area contributed by atoms with Gasteiger partial charge in [-0.1, -0.05) is 12.1 Å². The molecular formula is C18H29FN4O. The number of hydrogen-bond donors (Lipinski definition) is 2. The van der Waals surface area contributed by atoms with Crippen LogP contribution in [-0.2, 0) is 11.3 Å².